The molecule has 0 fully saturated rings. The predicted octanol–water partition coefficient (Wildman–Crippen LogP) is 1.86. The van der Waals surface area contributed by atoms with Crippen molar-refractivity contribution in [3.8, 4) is 0 Å². The molecule has 0 saturated heterocycles. The maximum absolute atomic E-state index is 5.50. The van der Waals surface area contributed by atoms with Gasteiger partial charge in [-0.1, -0.05) is 0 Å². The van der Waals surface area contributed by atoms with Gasteiger partial charge in [-0.3, -0.25) is 0 Å². The van der Waals surface area contributed by atoms with Gasteiger partial charge in [-0.2, -0.15) is 0 Å². The molecule has 0 radical (unpaired) electrons. The van der Waals surface area contributed by atoms with E-state index in [-0.39, 0.29) is 0 Å². The molecule has 2 rings (SSSR count). The predicted molar refractivity (Wildman–Crippen MR) is 47.4 cm³/mol. The van der Waals surface area contributed by atoms with Crippen molar-refractivity contribution >= 4 is 0 Å². The second kappa shape index (κ2) is 3.85. The van der Waals surface area contributed by atoms with Crippen LogP contribution in [-0.4, -0.2) is 13.2 Å². The second-order valence-corrected chi connectivity index (χ2v) is 2.65. The molecule has 0 unspecified atom stereocenters. The van der Waals surface area contributed by atoms with Crippen molar-refractivity contribution in [2.45, 2.75) is 0 Å². The summed E-state index contributed by atoms with van der Waals surface area (Å²) in [5, 5.41) is 0. The fourth-order valence-electron chi connectivity index (χ4n) is 1.06. The van der Waals surface area contributed by atoms with E-state index in [1.54, 1.807) is 24.7 Å². The summed E-state index contributed by atoms with van der Waals surface area (Å²) in [7, 11) is 0. The first-order valence-corrected chi connectivity index (χ1v) is 4.07. The van der Waals surface area contributed by atoms with Gasteiger partial charge in [0.1, 0.15) is 24.7 Å². The zero-order valence-electron chi connectivity index (χ0n) is 7.10. The molecule has 2 heterocycles. The van der Waals surface area contributed by atoms with Crippen molar-refractivity contribution in [2.24, 2.45) is 0 Å². The molecule has 2 aliphatic rings. The van der Waals surface area contributed by atoms with Crippen LogP contribution in [0.1, 0.15) is 0 Å². The van der Waals surface area contributed by atoms with E-state index >= 15 is 0 Å². The Hall–Kier alpha value is -1.64. The van der Waals surface area contributed by atoms with Gasteiger partial charge in [0.05, 0.1) is 12.5 Å². The molecule has 0 aromatic carbocycles. The van der Waals surface area contributed by atoms with Crippen LogP contribution in [0, 0.1) is 0 Å². The molecule has 3 nitrogen and oxygen atoms in total. The smallest absolute Gasteiger partial charge is 0.145 e. The van der Waals surface area contributed by atoms with Gasteiger partial charge in [-0.15, -0.1) is 0 Å². The van der Waals surface area contributed by atoms with Crippen LogP contribution in [0.2, 0.25) is 0 Å². The van der Waals surface area contributed by atoms with Gasteiger partial charge in [-0.05, 0) is 24.3 Å². The number of hydrogen-bond acceptors (Lipinski definition) is 3. The van der Waals surface area contributed by atoms with Crippen LogP contribution in [0.3, 0.4) is 0 Å². The zero-order chi connectivity index (χ0) is 8.93. The molecule has 0 spiro atoms. The molecule has 0 N–H and O–H groups in total. The maximum Gasteiger partial charge on any atom is 0.145 e. The third-order valence-electron chi connectivity index (χ3n) is 1.63. The van der Waals surface area contributed by atoms with Crippen molar-refractivity contribution in [1.82, 2.24) is 0 Å². The van der Waals surface area contributed by atoms with E-state index in [0.29, 0.717) is 13.2 Å². The minimum absolute atomic E-state index is 0.484. The molecule has 0 bridgehead atoms. The Morgan fingerprint density at radius 3 is 1.85 bits per heavy atom. The monoisotopic (exact) mass is 178 g/mol. The molecule has 0 aromatic rings. The van der Waals surface area contributed by atoms with E-state index in [4.69, 9.17) is 14.2 Å². The molecular weight excluding hydrogens is 168 g/mol. The third-order valence-corrected chi connectivity index (χ3v) is 1.63. The van der Waals surface area contributed by atoms with Gasteiger partial charge < -0.3 is 14.2 Å². The quantitative estimate of drug-likeness (QED) is 0.646. The summed E-state index contributed by atoms with van der Waals surface area (Å²) >= 11 is 0. The van der Waals surface area contributed by atoms with E-state index in [9.17, 15) is 0 Å². The number of ether oxygens (including phenoxy) is 3. The molecular formula is C10H10O3. The SMILES string of the molecule is C1=COCC(OC2=CC=COC2)=C1. The molecule has 0 atom stereocenters. The van der Waals surface area contributed by atoms with Crippen LogP contribution in [-0.2, 0) is 14.2 Å². The van der Waals surface area contributed by atoms with Crippen molar-refractivity contribution in [2.75, 3.05) is 13.2 Å². The molecule has 0 aliphatic carbocycles. The number of hydrogen-bond donors (Lipinski definition) is 0. The third kappa shape index (κ3) is 2.15. The summed E-state index contributed by atoms with van der Waals surface area (Å²) in [5.74, 6) is 1.60. The lowest BCUT2D eigenvalue weighted by Gasteiger charge is -2.15. The second-order valence-electron chi connectivity index (χ2n) is 2.65. The minimum Gasteiger partial charge on any atom is -0.493 e. The topological polar surface area (TPSA) is 27.7 Å². The summed E-state index contributed by atoms with van der Waals surface area (Å²) in [4.78, 5) is 0. The van der Waals surface area contributed by atoms with Crippen LogP contribution < -0.4 is 0 Å². The summed E-state index contributed by atoms with van der Waals surface area (Å²) in [5.41, 5.74) is 0. The first-order chi connectivity index (χ1) is 6.45. The lowest BCUT2D eigenvalue weighted by atomic mass is 10.3. The molecule has 2 aliphatic heterocycles. The maximum atomic E-state index is 5.50. The fourth-order valence-corrected chi connectivity index (χ4v) is 1.06. The van der Waals surface area contributed by atoms with Gasteiger partial charge >= 0.3 is 0 Å². The lowest BCUT2D eigenvalue weighted by Crippen LogP contribution is -2.06. The summed E-state index contributed by atoms with van der Waals surface area (Å²) in [6, 6.07) is 0. The van der Waals surface area contributed by atoms with Gasteiger partial charge in [0.25, 0.3) is 0 Å². The Morgan fingerprint density at radius 1 is 0.923 bits per heavy atom. The largest absolute Gasteiger partial charge is 0.493 e. The molecule has 0 aromatic heterocycles. The van der Waals surface area contributed by atoms with E-state index in [1.807, 2.05) is 12.2 Å². The Balaban J connectivity index is 1.96. The van der Waals surface area contributed by atoms with Gasteiger partial charge in [0.15, 0.2) is 0 Å². The molecule has 3 heteroatoms. The van der Waals surface area contributed by atoms with E-state index < -0.39 is 0 Å². The highest BCUT2D eigenvalue weighted by atomic mass is 16.5. The Bertz CT molecular complexity index is 267. The van der Waals surface area contributed by atoms with Crippen molar-refractivity contribution < 1.29 is 14.2 Å². The average Bonchev–Trinajstić information content (AvgIpc) is 2.21. The number of rotatable bonds is 2. The Morgan fingerprint density at radius 2 is 1.46 bits per heavy atom. The van der Waals surface area contributed by atoms with Crippen molar-refractivity contribution in [3.63, 3.8) is 0 Å². The minimum atomic E-state index is 0.484. The van der Waals surface area contributed by atoms with Crippen molar-refractivity contribution in [1.29, 1.82) is 0 Å². The van der Waals surface area contributed by atoms with E-state index in [1.165, 1.54) is 0 Å². The standard InChI is InChI=1S/C10H10O3/c1-3-9(7-11-5-1)13-10-4-2-6-12-8-10/h1-6H,7-8H2. The van der Waals surface area contributed by atoms with Crippen LogP contribution in [0.4, 0.5) is 0 Å². The summed E-state index contributed by atoms with van der Waals surface area (Å²) in [6.07, 6.45) is 10.6. The van der Waals surface area contributed by atoms with E-state index in [2.05, 4.69) is 0 Å². The van der Waals surface area contributed by atoms with Crippen LogP contribution in [0.25, 0.3) is 0 Å². The molecule has 0 saturated carbocycles. The van der Waals surface area contributed by atoms with E-state index in [0.717, 1.165) is 11.5 Å². The van der Waals surface area contributed by atoms with Crippen LogP contribution >= 0.6 is 0 Å². The highest BCUT2D eigenvalue weighted by molar-refractivity contribution is 5.16. The summed E-state index contributed by atoms with van der Waals surface area (Å²) < 4.78 is 15.6. The normalized spacial score (nSPS) is 19.7. The highest BCUT2D eigenvalue weighted by Crippen LogP contribution is 2.13. The fraction of sp³-hybridized carbons (Fsp3) is 0.200. The summed E-state index contributed by atoms with van der Waals surface area (Å²) in [6.45, 7) is 0.967. The molecule has 68 valence electrons. The zero-order valence-corrected chi connectivity index (χ0v) is 7.10. The van der Waals surface area contributed by atoms with Crippen molar-refractivity contribution in [3.05, 3.63) is 48.3 Å². The Kier molecular flexibility index (Phi) is 2.36. The van der Waals surface area contributed by atoms with Crippen LogP contribution in [0.15, 0.2) is 48.3 Å². The Labute approximate surface area is 76.6 Å². The lowest BCUT2D eigenvalue weighted by molar-refractivity contribution is 0.152. The van der Waals surface area contributed by atoms with Crippen LogP contribution in [0.5, 0.6) is 0 Å². The average molecular weight is 178 g/mol. The highest BCUT2D eigenvalue weighted by Gasteiger charge is 2.06. The molecule has 0 amide bonds. The first-order valence-electron chi connectivity index (χ1n) is 4.07. The molecule has 13 heavy (non-hydrogen) atoms. The number of allylic oxidation sites excluding steroid dienone is 4. The van der Waals surface area contributed by atoms with Gasteiger partial charge in [0, 0.05) is 0 Å². The van der Waals surface area contributed by atoms with Gasteiger partial charge in [0.2, 0.25) is 0 Å². The first kappa shape index (κ1) is 7.98. The van der Waals surface area contributed by atoms with Gasteiger partial charge in [-0.25, -0.2) is 0 Å².